The molecule has 0 atom stereocenters. The Bertz CT molecular complexity index is 688. The van der Waals surface area contributed by atoms with Crippen molar-refractivity contribution in [2.75, 3.05) is 7.11 Å². The molecule has 0 saturated heterocycles. The standard InChI is InChI=1S/C17H22N2O2SSi/c1-13(16-7-6-12-22-16)18-19(23(3,4)5)17(20)14-8-10-15(21-2)11-9-14/h6-12H,1-5H3/b18-13+. The Balaban J connectivity index is 2.34. The SMILES string of the molecule is COc1ccc(C(=O)N(/N=C(\C)c2cccs2)[Si](C)(C)C)cc1. The van der Waals surface area contributed by atoms with E-state index >= 15 is 0 Å². The number of hydrogen-bond acceptors (Lipinski definition) is 4. The smallest absolute Gasteiger partial charge is 0.265 e. The molecule has 0 fully saturated rings. The molecular weight excluding hydrogens is 324 g/mol. The first-order valence-corrected chi connectivity index (χ1v) is 11.7. The average molecular weight is 347 g/mol. The molecule has 1 heterocycles. The third-order valence-corrected chi connectivity index (χ3v) is 5.85. The largest absolute Gasteiger partial charge is 0.497 e. The van der Waals surface area contributed by atoms with E-state index in [0.717, 1.165) is 16.3 Å². The average Bonchev–Trinajstić information content (AvgIpc) is 3.05. The number of carbonyl (C=O) groups is 1. The highest BCUT2D eigenvalue weighted by Gasteiger charge is 2.30. The third kappa shape index (κ3) is 4.30. The second-order valence-corrected chi connectivity index (χ2v) is 11.9. The van der Waals surface area contributed by atoms with Crippen molar-refractivity contribution in [1.82, 2.24) is 4.67 Å². The zero-order valence-corrected chi connectivity index (χ0v) is 16.0. The second-order valence-electron chi connectivity index (χ2n) is 6.18. The van der Waals surface area contributed by atoms with E-state index in [1.165, 1.54) is 0 Å². The number of hydrazone groups is 1. The van der Waals surface area contributed by atoms with Crippen LogP contribution in [0.2, 0.25) is 19.6 Å². The molecule has 122 valence electrons. The molecule has 2 rings (SSSR count). The van der Waals surface area contributed by atoms with Gasteiger partial charge in [0, 0.05) is 10.4 Å². The first kappa shape index (κ1) is 17.4. The van der Waals surface area contributed by atoms with Crippen LogP contribution in [0.5, 0.6) is 5.75 Å². The maximum atomic E-state index is 12.9. The van der Waals surface area contributed by atoms with Gasteiger partial charge < -0.3 is 4.74 Å². The molecule has 0 unspecified atom stereocenters. The van der Waals surface area contributed by atoms with Gasteiger partial charge in [0.1, 0.15) is 5.75 Å². The first-order valence-electron chi connectivity index (χ1n) is 7.40. The zero-order chi connectivity index (χ0) is 17.0. The van der Waals surface area contributed by atoms with Gasteiger partial charge in [0.25, 0.3) is 5.91 Å². The highest BCUT2D eigenvalue weighted by atomic mass is 32.1. The minimum Gasteiger partial charge on any atom is -0.497 e. The lowest BCUT2D eigenvalue weighted by atomic mass is 10.2. The summed E-state index contributed by atoms with van der Waals surface area (Å²) in [7, 11) is -0.349. The van der Waals surface area contributed by atoms with E-state index in [2.05, 4.69) is 24.7 Å². The van der Waals surface area contributed by atoms with Crippen LogP contribution in [0.15, 0.2) is 46.9 Å². The van der Waals surface area contributed by atoms with Crippen LogP contribution < -0.4 is 4.74 Å². The van der Waals surface area contributed by atoms with Crippen LogP contribution in [0.25, 0.3) is 0 Å². The van der Waals surface area contributed by atoms with E-state index in [-0.39, 0.29) is 5.91 Å². The van der Waals surface area contributed by atoms with E-state index in [1.54, 1.807) is 47.4 Å². The van der Waals surface area contributed by atoms with E-state index in [1.807, 2.05) is 24.4 Å². The Kier molecular flexibility index (Phi) is 5.38. The van der Waals surface area contributed by atoms with Crippen molar-refractivity contribution in [2.45, 2.75) is 26.6 Å². The maximum Gasteiger partial charge on any atom is 0.265 e. The number of benzene rings is 1. The van der Waals surface area contributed by atoms with Crippen molar-refractivity contribution in [3.05, 3.63) is 52.2 Å². The van der Waals surface area contributed by atoms with E-state index in [9.17, 15) is 4.79 Å². The molecule has 2 aromatic rings. The summed E-state index contributed by atoms with van der Waals surface area (Å²) in [5.41, 5.74) is 1.49. The topological polar surface area (TPSA) is 41.9 Å². The van der Waals surface area contributed by atoms with Crippen LogP contribution in [0, 0.1) is 0 Å². The van der Waals surface area contributed by atoms with Gasteiger partial charge in [0.2, 0.25) is 0 Å². The molecule has 1 aromatic heterocycles. The molecule has 0 aliphatic rings. The van der Waals surface area contributed by atoms with Gasteiger partial charge in [-0.2, -0.15) is 5.10 Å². The van der Waals surface area contributed by atoms with Gasteiger partial charge in [-0.3, -0.25) is 9.47 Å². The highest BCUT2D eigenvalue weighted by Crippen LogP contribution is 2.19. The van der Waals surface area contributed by atoms with Gasteiger partial charge in [0.15, 0.2) is 8.24 Å². The molecule has 0 saturated carbocycles. The Morgan fingerprint density at radius 1 is 1.17 bits per heavy atom. The summed E-state index contributed by atoms with van der Waals surface area (Å²) < 4.78 is 6.83. The minimum atomic E-state index is -1.96. The number of carbonyl (C=O) groups excluding carboxylic acids is 1. The summed E-state index contributed by atoms with van der Waals surface area (Å²) in [5, 5.41) is 6.66. The van der Waals surface area contributed by atoms with Crippen LogP contribution in [0.4, 0.5) is 0 Å². The summed E-state index contributed by atoms with van der Waals surface area (Å²) in [4.78, 5) is 14.0. The number of nitrogens with zero attached hydrogens (tertiary/aromatic N) is 2. The number of amides is 1. The van der Waals surface area contributed by atoms with Crippen LogP contribution in [0.3, 0.4) is 0 Å². The van der Waals surface area contributed by atoms with E-state index < -0.39 is 8.24 Å². The van der Waals surface area contributed by atoms with Crippen molar-refractivity contribution in [1.29, 1.82) is 0 Å². The third-order valence-electron chi connectivity index (χ3n) is 3.29. The molecule has 4 nitrogen and oxygen atoms in total. The summed E-state index contributed by atoms with van der Waals surface area (Å²) in [5.74, 6) is 0.669. The molecule has 0 N–H and O–H groups in total. The highest BCUT2D eigenvalue weighted by molar-refractivity contribution is 7.12. The van der Waals surface area contributed by atoms with Gasteiger partial charge in [-0.05, 0) is 62.3 Å². The van der Waals surface area contributed by atoms with E-state index in [0.29, 0.717) is 5.56 Å². The number of ether oxygens (including phenoxy) is 1. The van der Waals surface area contributed by atoms with Crippen molar-refractivity contribution >= 4 is 31.2 Å². The molecule has 6 heteroatoms. The molecule has 23 heavy (non-hydrogen) atoms. The van der Waals surface area contributed by atoms with Gasteiger partial charge in [-0.15, -0.1) is 11.3 Å². The summed E-state index contributed by atoms with van der Waals surface area (Å²) >= 11 is 1.63. The van der Waals surface area contributed by atoms with Crippen molar-refractivity contribution < 1.29 is 9.53 Å². The predicted molar refractivity (Wildman–Crippen MR) is 99.0 cm³/mol. The number of methoxy groups -OCH3 is 1. The monoisotopic (exact) mass is 346 g/mol. The summed E-state index contributed by atoms with van der Waals surface area (Å²) in [6.07, 6.45) is 0. The fourth-order valence-corrected chi connectivity index (χ4v) is 3.90. The Labute approximate surface area is 142 Å². The molecule has 0 bridgehead atoms. The Hall–Kier alpha value is -1.92. The predicted octanol–water partition coefficient (Wildman–Crippen LogP) is 4.46. The molecule has 1 amide bonds. The molecule has 1 aromatic carbocycles. The Morgan fingerprint density at radius 2 is 1.83 bits per heavy atom. The lowest BCUT2D eigenvalue weighted by molar-refractivity contribution is 0.0853. The zero-order valence-electron chi connectivity index (χ0n) is 14.2. The fourth-order valence-electron chi connectivity index (χ4n) is 2.04. The Morgan fingerprint density at radius 3 is 2.30 bits per heavy atom. The number of thiophene rings is 1. The lowest BCUT2D eigenvalue weighted by Gasteiger charge is -2.30. The molecule has 0 spiro atoms. The second kappa shape index (κ2) is 7.10. The van der Waals surface area contributed by atoms with Crippen LogP contribution in [-0.4, -0.2) is 31.6 Å². The molecule has 0 aliphatic carbocycles. The summed E-state index contributed by atoms with van der Waals surface area (Å²) in [6.45, 7) is 8.28. The van der Waals surface area contributed by atoms with Gasteiger partial charge in [-0.25, -0.2) is 0 Å². The van der Waals surface area contributed by atoms with Crippen molar-refractivity contribution in [3.8, 4) is 5.75 Å². The van der Waals surface area contributed by atoms with Gasteiger partial charge >= 0.3 is 0 Å². The molecular formula is C17H22N2O2SSi. The van der Waals surface area contributed by atoms with Gasteiger partial charge in [0.05, 0.1) is 12.8 Å². The van der Waals surface area contributed by atoms with Crippen molar-refractivity contribution in [2.24, 2.45) is 5.10 Å². The fraction of sp³-hybridized carbons (Fsp3) is 0.294. The quantitative estimate of drug-likeness (QED) is 0.456. The number of hydrogen-bond donors (Lipinski definition) is 0. The molecule has 0 aliphatic heterocycles. The lowest BCUT2D eigenvalue weighted by Crippen LogP contribution is -2.46. The minimum absolute atomic E-state index is 0.0669. The van der Waals surface area contributed by atoms with Crippen LogP contribution >= 0.6 is 11.3 Å². The summed E-state index contributed by atoms with van der Waals surface area (Å²) in [6, 6.07) is 11.2. The number of rotatable bonds is 5. The molecule has 0 radical (unpaired) electrons. The van der Waals surface area contributed by atoms with E-state index in [4.69, 9.17) is 4.74 Å². The van der Waals surface area contributed by atoms with Crippen LogP contribution in [-0.2, 0) is 0 Å². The van der Waals surface area contributed by atoms with Crippen molar-refractivity contribution in [3.63, 3.8) is 0 Å². The van der Waals surface area contributed by atoms with Crippen LogP contribution in [0.1, 0.15) is 22.2 Å². The first-order chi connectivity index (χ1) is 10.8. The van der Waals surface area contributed by atoms with Gasteiger partial charge in [-0.1, -0.05) is 6.07 Å². The maximum absolute atomic E-state index is 12.9. The normalized spacial score (nSPS) is 12.1.